The summed E-state index contributed by atoms with van der Waals surface area (Å²) in [7, 11) is 2.97. The second-order valence-corrected chi connectivity index (χ2v) is 4.43. The van der Waals surface area contributed by atoms with E-state index < -0.39 is 4.92 Å². The number of methoxy groups -OCH3 is 2. The maximum atomic E-state index is 11.3. The van der Waals surface area contributed by atoms with Gasteiger partial charge in [0.1, 0.15) is 17.6 Å². The molecule has 0 spiro atoms. The van der Waals surface area contributed by atoms with E-state index in [0.717, 1.165) is 0 Å². The number of nitrogens with two attached hydrogens (primary N) is 1. The molecule has 112 valence electrons. The van der Waals surface area contributed by atoms with Crippen molar-refractivity contribution in [1.29, 1.82) is 5.26 Å². The Balaban J connectivity index is 2.75. The first-order chi connectivity index (χ1) is 10.5. The normalized spacial score (nSPS) is 9.86. The molecule has 0 fully saturated rings. The first kappa shape index (κ1) is 15.1. The van der Waals surface area contributed by atoms with Crippen LogP contribution in [0.4, 0.5) is 11.4 Å². The molecule has 0 amide bonds. The summed E-state index contributed by atoms with van der Waals surface area (Å²) in [4.78, 5) is 10.7. The van der Waals surface area contributed by atoms with E-state index in [-0.39, 0.29) is 22.5 Å². The third kappa shape index (κ3) is 2.76. The molecule has 0 unspecified atom stereocenters. The molecule has 22 heavy (non-hydrogen) atoms. The highest BCUT2D eigenvalue weighted by atomic mass is 16.6. The molecular weight excluding hydrogens is 286 g/mol. The summed E-state index contributed by atoms with van der Waals surface area (Å²) in [5.41, 5.74) is 6.47. The number of nitro groups is 1. The highest BCUT2D eigenvalue weighted by Crippen LogP contribution is 2.37. The molecule has 0 radical (unpaired) electrons. The van der Waals surface area contributed by atoms with Gasteiger partial charge in [0.2, 0.25) is 0 Å². The zero-order chi connectivity index (χ0) is 16.3. The largest absolute Gasteiger partial charge is 0.497 e. The minimum atomic E-state index is -0.543. The molecule has 0 saturated carbocycles. The topological polar surface area (TPSA) is 111 Å². The van der Waals surface area contributed by atoms with E-state index in [1.54, 1.807) is 18.2 Å². The SMILES string of the molecule is COc1cc(OC)cc(-c2cc(C#N)c(N)cc2[N+](=O)[O-])c1. The lowest BCUT2D eigenvalue weighted by Gasteiger charge is -2.10. The number of nitriles is 1. The molecule has 7 heteroatoms. The smallest absolute Gasteiger partial charge is 0.279 e. The average molecular weight is 299 g/mol. The monoisotopic (exact) mass is 299 g/mol. The molecule has 0 atom stereocenters. The fourth-order valence-electron chi connectivity index (χ4n) is 2.05. The quantitative estimate of drug-likeness (QED) is 0.527. The van der Waals surface area contributed by atoms with Crippen LogP contribution < -0.4 is 15.2 Å². The molecule has 0 aromatic heterocycles. The Labute approximate surface area is 126 Å². The van der Waals surface area contributed by atoms with Crippen LogP contribution in [0, 0.1) is 21.4 Å². The van der Waals surface area contributed by atoms with Gasteiger partial charge in [-0.3, -0.25) is 10.1 Å². The summed E-state index contributed by atoms with van der Waals surface area (Å²) in [6.45, 7) is 0. The average Bonchev–Trinajstić information content (AvgIpc) is 2.53. The number of anilines is 1. The van der Waals surface area contributed by atoms with Gasteiger partial charge >= 0.3 is 0 Å². The molecule has 0 heterocycles. The third-order valence-electron chi connectivity index (χ3n) is 3.15. The van der Waals surface area contributed by atoms with Crippen LogP contribution >= 0.6 is 0 Å². The van der Waals surface area contributed by atoms with Crippen molar-refractivity contribution in [3.05, 3.63) is 46.0 Å². The lowest BCUT2D eigenvalue weighted by molar-refractivity contribution is -0.384. The van der Waals surface area contributed by atoms with E-state index in [0.29, 0.717) is 17.1 Å². The van der Waals surface area contributed by atoms with Gasteiger partial charge in [-0.15, -0.1) is 0 Å². The molecule has 0 aliphatic carbocycles. The predicted octanol–water partition coefficient (Wildman–Crippen LogP) is 2.73. The third-order valence-corrected chi connectivity index (χ3v) is 3.15. The standard InChI is InChI=1S/C15H13N3O4/c1-21-11-3-9(4-12(6-11)22-2)13-5-10(8-16)14(17)7-15(13)18(19)20/h3-7H,17H2,1-2H3. The lowest BCUT2D eigenvalue weighted by atomic mass is 9.99. The summed E-state index contributed by atoms with van der Waals surface area (Å²) in [5.74, 6) is 0.970. The molecule has 7 nitrogen and oxygen atoms in total. The summed E-state index contributed by atoms with van der Waals surface area (Å²) in [6, 6.07) is 9.39. The molecule has 2 N–H and O–H groups in total. The van der Waals surface area contributed by atoms with Gasteiger partial charge in [0, 0.05) is 12.1 Å². The second kappa shape index (κ2) is 6.01. The van der Waals surface area contributed by atoms with Gasteiger partial charge in [-0.25, -0.2) is 0 Å². The Bertz CT molecular complexity index is 759. The maximum Gasteiger partial charge on any atom is 0.279 e. The zero-order valence-electron chi connectivity index (χ0n) is 12.0. The van der Waals surface area contributed by atoms with Gasteiger partial charge in [0.05, 0.1) is 36.0 Å². The van der Waals surface area contributed by atoms with Crippen LogP contribution in [-0.4, -0.2) is 19.1 Å². The molecule has 0 aliphatic heterocycles. The molecular formula is C15H13N3O4. The number of hydrogen-bond donors (Lipinski definition) is 1. The van der Waals surface area contributed by atoms with E-state index in [2.05, 4.69) is 0 Å². The van der Waals surface area contributed by atoms with Gasteiger partial charge in [-0.05, 0) is 23.8 Å². The van der Waals surface area contributed by atoms with Gasteiger partial charge in [0.15, 0.2) is 0 Å². The predicted molar refractivity (Wildman–Crippen MR) is 80.8 cm³/mol. The van der Waals surface area contributed by atoms with Crippen LogP contribution in [0.25, 0.3) is 11.1 Å². The van der Waals surface area contributed by atoms with Crippen LogP contribution in [-0.2, 0) is 0 Å². The van der Waals surface area contributed by atoms with Crippen molar-refractivity contribution in [1.82, 2.24) is 0 Å². The van der Waals surface area contributed by atoms with Crippen LogP contribution in [0.2, 0.25) is 0 Å². The van der Waals surface area contributed by atoms with Gasteiger partial charge in [0.25, 0.3) is 5.69 Å². The van der Waals surface area contributed by atoms with Gasteiger partial charge in [-0.2, -0.15) is 5.26 Å². The van der Waals surface area contributed by atoms with Crippen molar-refractivity contribution in [2.75, 3.05) is 20.0 Å². The number of benzene rings is 2. The zero-order valence-corrected chi connectivity index (χ0v) is 12.0. The van der Waals surface area contributed by atoms with Crippen LogP contribution in [0.5, 0.6) is 11.5 Å². The lowest BCUT2D eigenvalue weighted by Crippen LogP contribution is -1.98. The Morgan fingerprint density at radius 1 is 1.14 bits per heavy atom. The van der Waals surface area contributed by atoms with Crippen molar-refractivity contribution >= 4 is 11.4 Å². The Morgan fingerprint density at radius 2 is 1.73 bits per heavy atom. The highest BCUT2D eigenvalue weighted by Gasteiger charge is 2.19. The summed E-state index contributed by atoms with van der Waals surface area (Å²) in [5, 5.41) is 20.3. The van der Waals surface area contributed by atoms with Crippen LogP contribution in [0.15, 0.2) is 30.3 Å². The number of rotatable bonds is 4. The number of ether oxygens (including phenoxy) is 2. The second-order valence-electron chi connectivity index (χ2n) is 4.43. The summed E-state index contributed by atoms with van der Waals surface area (Å²) < 4.78 is 10.3. The van der Waals surface area contributed by atoms with E-state index in [1.807, 2.05) is 6.07 Å². The molecule has 0 saturated heterocycles. The van der Waals surface area contributed by atoms with Crippen molar-refractivity contribution in [2.45, 2.75) is 0 Å². The van der Waals surface area contributed by atoms with Crippen molar-refractivity contribution in [3.8, 4) is 28.7 Å². The Morgan fingerprint density at radius 3 is 2.18 bits per heavy atom. The van der Waals surface area contributed by atoms with Crippen molar-refractivity contribution in [2.24, 2.45) is 0 Å². The highest BCUT2D eigenvalue weighted by molar-refractivity contribution is 5.80. The molecule has 2 aromatic rings. The molecule has 2 rings (SSSR count). The van der Waals surface area contributed by atoms with Crippen LogP contribution in [0.1, 0.15) is 5.56 Å². The summed E-state index contributed by atoms with van der Waals surface area (Å²) in [6.07, 6.45) is 0. The first-order valence-corrected chi connectivity index (χ1v) is 6.21. The minimum absolute atomic E-state index is 0.0628. The molecule has 0 aliphatic rings. The van der Waals surface area contributed by atoms with Gasteiger partial charge < -0.3 is 15.2 Å². The fourth-order valence-corrected chi connectivity index (χ4v) is 2.05. The summed E-state index contributed by atoms with van der Waals surface area (Å²) >= 11 is 0. The fraction of sp³-hybridized carbons (Fsp3) is 0.133. The number of nitrogen functional groups attached to an aromatic ring is 1. The Hall–Kier alpha value is -3.27. The van der Waals surface area contributed by atoms with Crippen molar-refractivity contribution < 1.29 is 14.4 Å². The number of nitrogens with zero attached hydrogens (tertiary/aromatic N) is 2. The first-order valence-electron chi connectivity index (χ1n) is 6.21. The molecule has 0 bridgehead atoms. The Kier molecular flexibility index (Phi) is 4.13. The van der Waals surface area contributed by atoms with E-state index in [4.69, 9.17) is 20.5 Å². The van der Waals surface area contributed by atoms with E-state index >= 15 is 0 Å². The van der Waals surface area contributed by atoms with Crippen molar-refractivity contribution in [3.63, 3.8) is 0 Å². The number of nitro benzene ring substituents is 1. The molecule has 2 aromatic carbocycles. The number of hydrogen-bond acceptors (Lipinski definition) is 6. The van der Waals surface area contributed by atoms with Gasteiger partial charge in [-0.1, -0.05) is 0 Å². The van der Waals surface area contributed by atoms with E-state index in [9.17, 15) is 10.1 Å². The van der Waals surface area contributed by atoms with E-state index in [1.165, 1.54) is 26.4 Å². The minimum Gasteiger partial charge on any atom is -0.497 e. The maximum absolute atomic E-state index is 11.3. The van der Waals surface area contributed by atoms with Crippen LogP contribution in [0.3, 0.4) is 0 Å².